The Kier molecular flexibility index (Phi) is 7.00. The number of carboxylic acid groups (broad SMARTS) is 1. The zero-order valence-corrected chi connectivity index (χ0v) is 24.5. The number of hydrogen-bond acceptors (Lipinski definition) is 4. The van der Waals surface area contributed by atoms with Crippen LogP contribution in [0.2, 0.25) is 0 Å². The van der Waals surface area contributed by atoms with Crippen LogP contribution < -0.4 is 0 Å². The van der Waals surface area contributed by atoms with Crippen molar-refractivity contribution in [2.24, 2.45) is 11.8 Å². The van der Waals surface area contributed by atoms with E-state index in [1.54, 1.807) is 29.2 Å². The summed E-state index contributed by atoms with van der Waals surface area (Å²) < 4.78 is 44.6. The Morgan fingerprint density at radius 1 is 0.841 bits per heavy atom. The molecule has 9 heteroatoms. The van der Waals surface area contributed by atoms with Crippen LogP contribution in [0.25, 0.3) is 33.0 Å². The number of alkyl halides is 3. The number of ether oxygens (including phenoxy) is 1. The summed E-state index contributed by atoms with van der Waals surface area (Å²) in [5.74, 6) is -1.35. The van der Waals surface area contributed by atoms with Gasteiger partial charge < -0.3 is 19.8 Å². The van der Waals surface area contributed by atoms with Gasteiger partial charge in [0, 0.05) is 24.9 Å². The van der Waals surface area contributed by atoms with Gasteiger partial charge in [-0.3, -0.25) is 0 Å². The van der Waals surface area contributed by atoms with Crippen molar-refractivity contribution in [3.8, 4) is 22.3 Å². The van der Waals surface area contributed by atoms with Crippen molar-refractivity contribution in [2.75, 3.05) is 13.1 Å². The van der Waals surface area contributed by atoms with Crippen molar-refractivity contribution in [3.63, 3.8) is 0 Å². The molecule has 2 bridgehead atoms. The average molecular weight is 604 g/mol. The summed E-state index contributed by atoms with van der Waals surface area (Å²) in [6.07, 6.45) is -4.00. The summed E-state index contributed by atoms with van der Waals surface area (Å²) in [6.45, 7) is 6.26. The Morgan fingerprint density at radius 3 is 2.00 bits per heavy atom. The highest BCUT2D eigenvalue weighted by molar-refractivity contribution is 6.04. The first-order valence-corrected chi connectivity index (χ1v) is 14.4. The molecule has 2 N–H and O–H groups in total. The van der Waals surface area contributed by atoms with Crippen LogP contribution >= 0.6 is 0 Å². The fourth-order valence-corrected chi connectivity index (χ4v) is 6.54. The van der Waals surface area contributed by atoms with E-state index in [2.05, 4.69) is 0 Å². The molecule has 2 saturated heterocycles. The topological polar surface area (TPSA) is 87.1 Å². The molecule has 1 amide bonds. The van der Waals surface area contributed by atoms with Crippen molar-refractivity contribution in [2.45, 2.75) is 44.6 Å². The number of halogens is 3. The van der Waals surface area contributed by atoms with E-state index in [4.69, 9.17) is 4.74 Å². The number of piperidine rings is 2. The van der Waals surface area contributed by atoms with Crippen molar-refractivity contribution >= 4 is 22.8 Å². The Labute approximate surface area is 252 Å². The van der Waals surface area contributed by atoms with Gasteiger partial charge in [-0.2, -0.15) is 13.2 Å². The zero-order valence-electron chi connectivity index (χ0n) is 24.5. The predicted molar refractivity (Wildman–Crippen MR) is 160 cm³/mol. The molecule has 7 rings (SSSR count). The van der Waals surface area contributed by atoms with Crippen LogP contribution in [0.4, 0.5) is 18.0 Å². The molecule has 2 aliphatic heterocycles. The molecule has 4 aromatic carbocycles. The second kappa shape index (κ2) is 10.4. The molecule has 3 atom stereocenters. The Morgan fingerprint density at radius 2 is 1.43 bits per heavy atom. The Bertz CT molecular complexity index is 1750. The standard InChI is InChI=1S/C35H32F3NO5/c1-33(2,3)44-32(42)39-18-27-17-28(19-39)34(27,43)25-9-6-21(7-10-25)30-16-24(31(40)41)15-23-14-22(8-13-29(23)30)20-4-11-26(12-5-20)35(36,37)38/h4-16,27-28,43H,17-19H2,1-3H3,(H,40,41)/t27-,28+,34?. The van der Waals surface area contributed by atoms with Crippen LogP contribution in [-0.4, -0.2) is 45.9 Å². The van der Waals surface area contributed by atoms with Gasteiger partial charge in [0.25, 0.3) is 0 Å². The van der Waals surface area contributed by atoms with E-state index >= 15 is 0 Å². The van der Waals surface area contributed by atoms with Gasteiger partial charge in [-0.05, 0) is 96.1 Å². The number of rotatable bonds is 4. The number of aliphatic hydroxyl groups is 1. The molecular weight excluding hydrogens is 571 g/mol. The lowest BCUT2D eigenvalue weighted by molar-refractivity contribution is -0.200. The molecule has 228 valence electrons. The number of fused-ring (bicyclic) bond motifs is 3. The third-order valence-corrected chi connectivity index (χ3v) is 8.75. The van der Waals surface area contributed by atoms with Gasteiger partial charge in [0.2, 0.25) is 0 Å². The quantitative estimate of drug-likeness (QED) is 0.247. The van der Waals surface area contributed by atoms with E-state index in [1.807, 2.05) is 51.1 Å². The summed E-state index contributed by atoms with van der Waals surface area (Å²) in [4.78, 5) is 26.3. The van der Waals surface area contributed by atoms with Gasteiger partial charge in [-0.15, -0.1) is 0 Å². The Hall–Kier alpha value is -4.37. The molecule has 1 unspecified atom stereocenters. The summed E-state index contributed by atoms with van der Waals surface area (Å²) >= 11 is 0. The molecule has 0 spiro atoms. The maximum atomic E-state index is 13.0. The molecule has 1 saturated carbocycles. The molecule has 6 nitrogen and oxygen atoms in total. The predicted octanol–water partition coefficient (Wildman–Crippen LogP) is 7.97. The van der Waals surface area contributed by atoms with Crippen molar-refractivity contribution in [1.29, 1.82) is 0 Å². The normalized spacial score (nSPS) is 21.6. The van der Waals surface area contributed by atoms with E-state index in [0.29, 0.717) is 35.2 Å². The lowest BCUT2D eigenvalue weighted by Gasteiger charge is -2.59. The van der Waals surface area contributed by atoms with Gasteiger partial charge >= 0.3 is 18.2 Å². The lowest BCUT2D eigenvalue weighted by atomic mass is 9.55. The third-order valence-electron chi connectivity index (χ3n) is 8.75. The number of carbonyl (C=O) groups excluding carboxylic acids is 1. The zero-order chi connectivity index (χ0) is 31.6. The highest BCUT2D eigenvalue weighted by Crippen LogP contribution is 2.55. The average Bonchev–Trinajstić information content (AvgIpc) is 2.98. The van der Waals surface area contributed by atoms with Gasteiger partial charge in [0.15, 0.2) is 0 Å². The lowest BCUT2D eigenvalue weighted by Crippen LogP contribution is -2.66. The van der Waals surface area contributed by atoms with Crippen LogP contribution in [-0.2, 0) is 16.5 Å². The smallest absolute Gasteiger partial charge is 0.416 e. The third kappa shape index (κ3) is 5.30. The van der Waals surface area contributed by atoms with E-state index in [-0.39, 0.29) is 23.5 Å². The summed E-state index contributed by atoms with van der Waals surface area (Å²) in [5, 5.41) is 23.0. The maximum absolute atomic E-state index is 13.0. The minimum atomic E-state index is -4.43. The molecule has 4 aromatic rings. The van der Waals surface area contributed by atoms with E-state index in [0.717, 1.165) is 35.1 Å². The van der Waals surface area contributed by atoms with Crippen LogP contribution in [0.3, 0.4) is 0 Å². The number of aromatic carboxylic acids is 1. The second-order valence-electron chi connectivity index (χ2n) is 12.8. The summed E-state index contributed by atoms with van der Waals surface area (Å²) in [7, 11) is 0. The second-order valence-corrected chi connectivity index (χ2v) is 12.8. The first-order valence-electron chi connectivity index (χ1n) is 14.4. The summed E-state index contributed by atoms with van der Waals surface area (Å²) in [5.41, 5.74) is 1.09. The van der Waals surface area contributed by atoms with Gasteiger partial charge in [-0.1, -0.05) is 48.5 Å². The SMILES string of the molecule is CC(C)(C)OC(=O)N1C[C@H]2C[C@@H](C1)C2(O)c1ccc(-c2cc(C(=O)O)cc3cc(-c4ccc(C(F)(F)F)cc4)ccc23)cc1. The van der Waals surface area contributed by atoms with Gasteiger partial charge in [0.05, 0.1) is 16.7 Å². The number of hydrogen-bond donors (Lipinski definition) is 2. The molecule has 2 heterocycles. The number of carbonyl (C=O) groups is 2. The highest BCUT2D eigenvalue weighted by atomic mass is 19.4. The number of carboxylic acids is 1. The van der Waals surface area contributed by atoms with Crippen molar-refractivity contribution in [1.82, 2.24) is 4.90 Å². The maximum Gasteiger partial charge on any atom is 0.416 e. The van der Waals surface area contributed by atoms with Crippen molar-refractivity contribution < 1.29 is 37.7 Å². The fourth-order valence-electron chi connectivity index (χ4n) is 6.54. The van der Waals surface area contributed by atoms with Gasteiger partial charge in [-0.25, -0.2) is 9.59 Å². The van der Waals surface area contributed by atoms with Crippen LogP contribution in [0.15, 0.2) is 78.9 Å². The number of nitrogens with zero attached hydrogens (tertiary/aromatic N) is 1. The molecule has 0 aromatic heterocycles. The molecule has 3 aliphatic rings. The van der Waals surface area contributed by atoms with E-state index in [9.17, 15) is 33.0 Å². The van der Waals surface area contributed by atoms with Crippen LogP contribution in [0.5, 0.6) is 0 Å². The van der Waals surface area contributed by atoms with Crippen LogP contribution in [0.1, 0.15) is 48.7 Å². The fraction of sp³-hybridized carbons (Fsp3) is 0.314. The minimum Gasteiger partial charge on any atom is -0.478 e. The van der Waals surface area contributed by atoms with Crippen LogP contribution in [0, 0.1) is 11.8 Å². The van der Waals surface area contributed by atoms with Crippen molar-refractivity contribution in [3.05, 3.63) is 95.6 Å². The van der Waals surface area contributed by atoms with Gasteiger partial charge in [0.1, 0.15) is 5.60 Å². The first-order chi connectivity index (χ1) is 20.6. The Balaban J connectivity index is 1.29. The molecule has 1 aliphatic carbocycles. The summed E-state index contributed by atoms with van der Waals surface area (Å²) in [6, 6.07) is 20.9. The number of amides is 1. The highest BCUT2D eigenvalue weighted by Gasteiger charge is 2.59. The molecule has 0 radical (unpaired) electrons. The molecular formula is C35H32F3NO5. The molecule has 44 heavy (non-hydrogen) atoms. The minimum absolute atomic E-state index is 0.0792. The molecule has 3 fully saturated rings. The first kappa shape index (κ1) is 29.7. The largest absolute Gasteiger partial charge is 0.478 e. The van der Waals surface area contributed by atoms with E-state index < -0.39 is 28.9 Å². The monoisotopic (exact) mass is 603 g/mol. The van der Waals surface area contributed by atoms with E-state index in [1.165, 1.54) is 12.1 Å². The number of benzene rings is 4.